The van der Waals surface area contributed by atoms with Crippen LogP contribution in [0.25, 0.3) is 32.3 Å². The maximum atomic E-state index is 2.27. The zero-order valence-corrected chi connectivity index (χ0v) is 12.5. The molecule has 0 unspecified atom stereocenters. The summed E-state index contributed by atoms with van der Waals surface area (Å²) in [7, 11) is 0. The van der Waals surface area contributed by atoms with Crippen molar-refractivity contribution in [2.45, 2.75) is 27.7 Å². The van der Waals surface area contributed by atoms with Gasteiger partial charge in [0.1, 0.15) is 0 Å². The summed E-state index contributed by atoms with van der Waals surface area (Å²) < 4.78 is 0. The van der Waals surface area contributed by atoms with E-state index in [2.05, 4.69) is 64.1 Å². The highest BCUT2D eigenvalue weighted by molar-refractivity contribution is 6.25. The lowest BCUT2D eigenvalue weighted by Crippen LogP contribution is -1.95. The van der Waals surface area contributed by atoms with Gasteiger partial charge in [0.25, 0.3) is 0 Å². The zero-order chi connectivity index (χ0) is 14.0. The molecule has 0 amide bonds. The molecule has 0 atom stereocenters. The predicted octanol–water partition coefficient (Wildman–Crippen LogP) is 5.82. The first-order valence-electron chi connectivity index (χ1n) is 7.23. The first-order chi connectivity index (χ1) is 9.59. The molecule has 98 valence electrons. The Kier molecular flexibility index (Phi) is 2.18. The molecule has 0 heterocycles. The standard InChI is InChI=1S/C20H18/c1-11-5-7-15-9-10-16-8-6-12(2)18-14(4)13(3)17(11)19(15)20(16)18/h5-10H,1-4H3. The van der Waals surface area contributed by atoms with Crippen LogP contribution >= 0.6 is 0 Å². The van der Waals surface area contributed by atoms with E-state index in [4.69, 9.17) is 0 Å². The molecule has 0 aromatic heterocycles. The largest absolute Gasteiger partial charge is 0.0581 e. The summed E-state index contributed by atoms with van der Waals surface area (Å²) in [5.41, 5.74) is 5.63. The monoisotopic (exact) mass is 258 g/mol. The van der Waals surface area contributed by atoms with E-state index in [1.54, 1.807) is 0 Å². The van der Waals surface area contributed by atoms with Crippen LogP contribution in [0.4, 0.5) is 0 Å². The average Bonchev–Trinajstić information content (AvgIpc) is 2.44. The highest BCUT2D eigenvalue weighted by atomic mass is 14.2. The molecule has 0 aliphatic carbocycles. The number of rotatable bonds is 0. The Balaban J connectivity index is 2.53. The maximum absolute atomic E-state index is 2.27. The van der Waals surface area contributed by atoms with Gasteiger partial charge in [0.05, 0.1) is 0 Å². The van der Waals surface area contributed by atoms with E-state index < -0.39 is 0 Å². The van der Waals surface area contributed by atoms with Crippen LogP contribution in [-0.4, -0.2) is 0 Å². The molecule has 4 aromatic carbocycles. The molecule has 0 N–H and O–H groups in total. The number of hydrogen-bond acceptors (Lipinski definition) is 0. The van der Waals surface area contributed by atoms with Gasteiger partial charge in [-0.2, -0.15) is 0 Å². The molecule has 4 rings (SSSR count). The van der Waals surface area contributed by atoms with Crippen LogP contribution in [0.15, 0.2) is 36.4 Å². The quantitative estimate of drug-likeness (QED) is 0.349. The van der Waals surface area contributed by atoms with Crippen LogP contribution < -0.4 is 0 Å². The number of benzene rings is 4. The fourth-order valence-corrected chi connectivity index (χ4v) is 3.78. The van der Waals surface area contributed by atoms with Gasteiger partial charge in [-0.05, 0) is 82.3 Å². The molecular weight excluding hydrogens is 240 g/mol. The third-order valence-electron chi connectivity index (χ3n) is 4.90. The van der Waals surface area contributed by atoms with E-state index in [1.807, 2.05) is 0 Å². The summed E-state index contributed by atoms with van der Waals surface area (Å²) in [5.74, 6) is 0. The van der Waals surface area contributed by atoms with Crippen molar-refractivity contribution >= 4 is 32.3 Å². The molecule has 0 bridgehead atoms. The van der Waals surface area contributed by atoms with Gasteiger partial charge in [0.15, 0.2) is 0 Å². The lowest BCUT2D eigenvalue weighted by molar-refractivity contribution is 1.38. The van der Waals surface area contributed by atoms with E-state index in [1.165, 1.54) is 54.6 Å². The second-order valence-electron chi connectivity index (χ2n) is 6.03. The van der Waals surface area contributed by atoms with E-state index in [0.717, 1.165) is 0 Å². The fraction of sp³-hybridized carbons (Fsp3) is 0.200. The highest BCUT2D eigenvalue weighted by Crippen LogP contribution is 2.41. The molecule has 0 nitrogen and oxygen atoms in total. The van der Waals surface area contributed by atoms with Crippen molar-refractivity contribution in [1.29, 1.82) is 0 Å². The molecule has 0 radical (unpaired) electrons. The van der Waals surface area contributed by atoms with Crippen molar-refractivity contribution in [3.8, 4) is 0 Å². The Hall–Kier alpha value is -2.08. The summed E-state index contributed by atoms with van der Waals surface area (Å²) in [6.45, 7) is 8.99. The van der Waals surface area contributed by atoms with Crippen molar-refractivity contribution in [3.05, 3.63) is 58.7 Å². The van der Waals surface area contributed by atoms with Crippen LogP contribution in [0.5, 0.6) is 0 Å². The molecule has 0 fully saturated rings. The van der Waals surface area contributed by atoms with Crippen LogP contribution in [0.3, 0.4) is 0 Å². The van der Waals surface area contributed by atoms with E-state index in [0.29, 0.717) is 0 Å². The third-order valence-corrected chi connectivity index (χ3v) is 4.90. The smallest absolute Gasteiger partial charge is 0.00212 e. The molecule has 0 aliphatic heterocycles. The van der Waals surface area contributed by atoms with Gasteiger partial charge < -0.3 is 0 Å². The summed E-state index contributed by atoms with van der Waals surface area (Å²) in [6, 6.07) is 13.5. The zero-order valence-electron chi connectivity index (χ0n) is 12.5. The Bertz CT molecular complexity index is 893. The maximum Gasteiger partial charge on any atom is -0.00212 e. The normalized spacial score (nSPS) is 12.0. The van der Waals surface area contributed by atoms with Crippen molar-refractivity contribution in [2.75, 3.05) is 0 Å². The number of aryl methyl sites for hydroxylation is 4. The molecule has 0 saturated heterocycles. The fourth-order valence-electron chi connectivity index (χ4n) is 3.78. The molecule has 0 aliphatic rings. The Morgan fingerprint density at radius 2 is 0.800 bits per heavy atom. The van der Waals surface area contributed by atoms with Crippen molar-refractivity contribution in [2.24, 2.45) is 0 Å². The van der Waals surface area contributed by atoms with Crippen molar-refractivity contribution < 1.29 is 0 Å². The highest BCUT2D eigenvalue weighted by Gasteiger charge is 2.15. The second kappa shape index (κ2) is 3.73. The first kappa shape index (κ1) is 11.7. The van der Waals surface area contributed by atoms with Crippen LogP contribution in [0, 0.1) is 27.7 Å². The minimum atomic E-state index is 1.36. The van der Waals surface area contributed by atoms with Crippen molar-refractivity contribution in [3.63, 3.8) is 0 Å². The first-order valence-corrected chi connectivity index (χ1v) is 7.23. The third kappa shape index (κ3) is 1.27. The average molecular weight is 258 g/mol. The van der Waals surface area contributed by atoms with Crippen LogP contribution in [-0.2, 0) is 0 Å². The summed E-state index contributed by atoms with van der Waals surface area (Å²) in [4.78, 5) is 0. The SMILES string of the molecule is Cc1ccc2ccc3ccc(C)c4c(C)c(C)c1c2c34. The Labute approximate surface area is 119 Å². The molecule has 0 spiro atoms. The second-order valence-corrected chi connectivity index (χ2v) is 6.03. The summed E-state index contributed by atoms with van der Waals surface area (Å²) in [5, 5.41) is 8.51. The van der Waals surface area contributed by atoms with Gasteiger partial charge in [-0.15, -0.1) is 0 Å². The van der Waals surface area contributed by atoms with E-state index in [9.17, 15) is 0 Å². The molecular formula is C20H18. The van der Waals surface area contributed by atoms with Gasteiger partial charge in [-0.25, -0.2) is 0 Å². The summed E-state index contributed by atoms with van der Waals surface area (Å²) in [6.07, 6.45) is 0. The Morgan fingerprint density at radius 1 is 0.450 bits per heavy atom. The number of hydrogen-bond donors (Lipinski definition) is 0. The minimum Gasteiger partial charge on any atom is -0.0581 e. The lowest BCUT2D eigenvalue weighted by Gasteiger charge is -2.19. The minimum absolute atomic E-state index is 1.36. The van der Waals surface area contributed by atoms with Gasteiger partial charge in [0, 0.05) is 0 Å². The molecule has 0 heteroatoms. The van der Waals surface area contributed by atoms with Gasteiger partial charge >= 0.3 is 0 Å². The predicted molar refractivity (Wildman–Crippen MR) is 89.1 cm³/mol. The van der Waals surface area contributed by atoms with Gasteiger partial charge in [-0.1, -0.05) is 36.4 Å². The van der Waals surface area contributed by atoms with Gasteiger partial charge in [-0.3, -0.25) is 0 Å². The van der Waals surface area contributed by atoms with Gasteiger partial charge in [0.2, 0.25) is 0 Å². The molecule has 20 heavy (non-hydrogen) atoms. The van der Waals surface area contributed by atoms with Crippen LogP contribution in [0.1, 0.15) is 22.3 Å². The topological polar surface area (TPSA) is 0 Å². The van der Waals surface area contributed by atoms with E-state index in [-0.39, 0.29) is 0 Å². The Morgan fingerprint density at radius 3 is 1.20 bits per heavy atom. The van der Waals surface area contributed by atoms with E-state index >= 15 is 0 Å². The van der Waals surface area contributed by atoms with Crippen molar-refractivity contribution in [1.82, 2.24) is 0 Å². The molecule has 4 aromatic rings. The molecule has 0 saturated carbocycles. The van der Waals surface area contributed by atoms with Crippen LogP contribution in [0.2, 0.25) is 0 Å². The summed E-state index contributed by atoms with van der Waals surface area (Å²) >= 11 is 0. The lowest BCUT2D eigenvalue weighted by atomic mass is 9.85.